The number of aryl methyl sites for hydroxylation is 1. The van der Waals surface area contributed by atoms with Gasteiger partial charge in [0.05, 0.1) is 6.42 Å². The summed E-state index contributed by atoms with van der Waals surface area (Å²) in [6, 6.07) is 9.14. The van der Waals surface area contributed by atoms with Gasteiger partial charge < -0.3 is 10.5 Å². The number of carbonyl (C=O) groups is 1. The molecule has 0 aromatic heterocycles. The zero-order chi connectivity index (χ0) is 14.7. The Morgan fingerprint density at radius 1 is 1.35 bits per heavy atom. The van der Waals surface area contributed by atoms with Crippen LogP contribution in [0.1, 0.15) is 11.1 Å². The predicted octanol–water partition coefficient (Wildman–Crippen LogP) is 3.52. The van der Waals surface area contributed by atoms with Gasteiger partial charge in [-0.1, -0.05) is 17.7 Å². The van der Waals surface area contributed by atoms with Gasteiger partial charge in [0, 0.05) is 16.3 Å². The number of hydrogen-bond acceptors (Lipinski definition) is 3. The van der Waals surface area contributed by atoms with Crippen LogP contribution < -0.4 is 10.5 Å². The first kappa shape index (κ1) is 14.3. The lowest BCUT2D eigenvalue weighted by Crippen LogP contribution is -2.13. The average Bonchev–Trinajstić information content (AvgIpc) is 2.38. The van der Waals surface area contributed by atoms with E-state index in [2.05, 4.69) is 0 Å². The Kier molecular flexibility index (Phi) is 4.25. The number of anilines is 1. The molecule has 0 fully saturated rings. The highest BCUT2D eigenvalue weighted by molar-refractivity contribution is 6.31. The van der Waals surface area contributed by atoms with E-state index in [-0.39, 0.29) is 17.0 Å². The molecule has 0 radical (unpaired) electrons. The Labute approximate surface area is 121 Å². The minimum absolute atomic E-state index is 0.131. The smallest absolute Gasteiger partial charge is 0.315 e. The Hall–Kier alpha value is -2.07. The van der Waals surface area contributed by atoms with Gasteiger partial charge in [0.2, 0.25) is 0 Å². The van der Waals surface area contributed by atoms with E-state index >= 15 is 0 Å². The van der Waals surface area contributed by atoms with Crippen LogP contribution in [-0.4, -0.2) is 5.97 Å². The van der Waals surface area contributed by atoms with E-state index in [4.69, 9.17) is 22.1 Å². The van der Waals surface area contributed by atoms with Gasteiger partial charge in [-0.15, -0.1) is 0 Å². The molecule has 0 heterocycles. The molecule has 0 aliphatic rings. The van der Waals surface area contributed by atoms with Crippen LogP contribution in [0, 0.1) is 12.7 Å². The van der Waals surface area contributed by atoms with Crippen LogP contribution in [0.3, 0.4) is 0 Å². The fourth-order valence-electron chi connectivity index (χ4n) is 1.72. The van der Waals surface area contributed by atoms with Crippen molar-refractivity contribution in [2.24, 2.45) is 0 Å². The van der Waals surface area contributed by atoms with E-state index in [1.54, 1.807) is 25.1 Å². The van der Waals surface area contributed by atoms with Crippen molar-refractivity contribution in [2.45, 2.75) is 13.3 Å². The molecule has 2 aromatic carbocycles. The Balaban J connectivity index is 2.11. The zero-order valence-electron chi connectivity index (χ0n) is 10.8. The van der Waals surface area contributed by atoms with E-state index < -0.39 is 11.8 Å². The van der Waals surface area contributed by atoms with Gasteiger partial charge in [0.25, 0.3) is 0 Å². The maximum Gasteiger partial charge on any atom is 0.315 e. The van der Waals surface area contributed by atoms with Gasteiger partial charge in [0.15, 0.2) is 0 Å². The second-order valence-electron chi connectivity index (χ2n) is 4.37. The number of hydrogen-bond donors (Lipinski definition) is 1. The van der Waals surface area contributed by atoms with Gasteiger partial charge in [-0.05, 0) is 42.8 Å². The maximum atomic E-state index is 13.6. The van der Waals surface area contributed by atoms with Crippen LogP contribution in [-0.2, 0) is 11.2 Å². The maximum absolute atomic E-state index is 13.6. The molecule has 0 spiro atoms. The largest absolute Gasteiger partial charge is 0.426 e. The first-order valence-corrected chi connectivity index (χ1v) is 6.35. The molecular formula is C15H13ClFNO2. The molecule has 2 N–H and O–H groups in total. The van der Waals surface area contributed by atoms with Crippen molar-refractivity contribution in [3.63, 3.8) is 0 Å². The molecule has 5 heteroatoms. The fraction of sp³-hybridized carbons (Fsp3) is 0.133. The number of esters is 1. The first-order valence-electron chi connectivity index (χ1n) is 5.97. The van der Waals surface area contributed by atoms with Crippen molar-refractivity contribution < 1.29 is 13.9 Å². The quantitative estimate of drug-likeness (QED) is 0.535. The molecule has 0 aliphatic heterocycles. The molecular weight excluding hydrogens is 281 g/mol. The minimum Gasteiger partial charge on any atom is -0.426 e. The van der Waals surface area contributed by atoms with E-state index in [1.165, 1.54) is 18.2 Å². The number of nitrogen functional groups attached to an aromatic ring is 1. The summed E-state index contributed by atoms with van der Waals surface area (Å²) >= 11 is 5.86. The molecule has 0 saturated carbocycles. The van der Waals surface area contributed by atoms with Gasteiger partial charge >= 0.3 is 5.97 Å². The highest BCUT2D eigenvalue weighted by Gasteiger charge is 2.13. The zero-order valence-corrected chi connectivity index (χ0v) is 11.6. The van der Waals surface area contributed by atoms with E-state index in [0.29, 0.717) is 11.4 Å². The summed E-state index contributed by atoms with van der Waals surface area (Å²) in [7, 11) is 0. The van der Waals surface area contributed by atoms with Crippen LogP contribution in [0.2, 0.25) is 5.02 Å². The monoisotopic (exact) mass is 293 g/mol. The fourth-order valence-corrected chi connectivity index (χ4v) is 1.95. The van der Waals surface area contributed by atoms with Crippen LogP contribution in [0.5, 0.6) is 5.75 Å². The second-order valence-corrected chi connectivity index (χ2v) is 4.78. The van der Waals surface area contributed by atoms with Crippen LogP contribution >= 0.6 is 11.6 Å². The normalized spacial score (nSPS) is 10.3. The number of carbonyl (C=O) groups excluding carboxylic acids is 1. The lowest BCUT2D eigenvalue weighted by atomic mass is 10.1. The lowest BCUT2D eigenvalue weighted by molar-refractivity contribution is -0.133. The summed E-state index contributed by atoms with van der Waals surface area (Å²) in [6.45, 7) is 1.81. The number of rotatable bonds is 3. The summed E-state index contributed by atoms with van der Waals surface area (Å²) in [6.07, 6.45) is -0.227. The van der Waals surface area contributed by atoms with Crippen molar-refractivity contribution >= 4 is 23.3 Å². The van der Waals surface area contributed by atoms with E-state index in [0.717, 1.165) is 5.56 Å². The third kappa shape index (κ3) is 3.27. The number of halogens is 2. The third-order valence-corrected chi connectivity index (χ3v) is 3.21. The minimum atomic E-state index is -0.582. The van der Waals surface area contributed by atoms with Crippen molar-refractivity contribution in [1.29, 1.82) is 0 Å². The molecule has 2 rings (SSSR count). The topological polar surface area (TPSA) is 52.3 Å². The average molecular weight is 294 g/mol. The van der Waals surface area contributed by atoms with Gasteiger partial charge in [0.1, 0.15) is 11.6 Å². The standard InChI is InChI=1S/C15H13ClFNO2/c1-9-7-10(5-6-14(9)18)20-15(19)8-11-12(16)3-2-4-13(11)17/h2-7H,8,18H2,1H3. The molecule has 104 valence electrons. The van der Waals surface area contributed by atoms with Crippen LogP contribution in [0.25, 0.3) is 0 Å². The van der Waals surface area contributed by atoms with Crippen molar-refractivity contribution in [3.8, 4) is 5.75 Å². The SMILES string of the molecule is Cc1cc(OC(=O)Cc2c(F)cccc2Cl)ccc1N. The molecule has 0 bridgehead atoms. The summed E-state index contributed by atoms with van der Waals surface area (Å²) in [4.78, 5) is 11.8. The van der Waals surface area contributed by atoms with Crippen LogP contribution in [0.4, 0.5) is 10.1 Å². The van der Waals surface area contributed by atoms with E-state index in [1.807, 2.05) is 0 Å². The highest BCUT2D eigenvalue weighted by Crippen LogP contribution is 2.22. The Morgan fingerprint density at radius 3 is 2.75 bits per heavy atom. The summed E-state index contributed by atoms with van der Waals surface area (Å²) < 4.78 is 18.7. The molecule has 0 unspecified atom stereocenters. The Bertz CT molecular complexity index is 638. The van der Waals surface area contributed by atoms with Crippen LogP contribution in [0.15, 0.2) is 36.4 Å². The van der Waals surface area contributed by atoms with Crippen molar-refractivity contribution in [3.05, 3.63) is 58.4 Å². The Morgan fingerprint density at radius 2 is 2.10 bits per heavy atom. The molecule has 0 saturated heterocycles. The van der Waals surface area contributed by atoms with Gasteiger partial charge in [-0.25, -0.2) is 4.39 Å². The molecule has 3 nitrogen and oxygen atoms in total. The van der Waals surface area contributed by atoms with Crippen molar-refractivity contribution in [2.75, 3.05) is 5.73 Å². The lowest BCUT2D eigenvalue weighted by Gasteiger charge is -2.08. The molecule has 0 aliphatic carbocycles. The molecule has 0 atom stereocenters. The third-order valence-electron chi connectivity index (χ3n) is 2.86. The molecule has 20 heavy (non-hydrogen) atoms. The highest BCUT2D eigenvalue weighted by atomic mass is 35.5. The van der Waals surface area contributed by atoms with Gasteiger partial charge in [-0.3, -0.25) is 4.79 Å². The van der Waals surface area contributed by atoms with E-state index in [9.17, 15) is 9.18 Å². The number of ether oxygens (including phenoxy) is 1. The molecule has 0 amide bonds. The summed E-state index contributed by atoms with van der Waals surface area (Å²) in [5.74, 6) is -0.738. The van der Waals surface area contributed by atoms with Crippen molar-refractivity contribution in [1.82, 2.24) is 0 Å². The summed E-state index contributed by atoms with van der Waals surface area (Å²) in [5, 5.41) is 0.204. The summed E-state index contributed by atoms with van der Waals surface area (Å²) in [5.41, 5.74) is 7.22. The number of benzene rings is 2. The molecule has 2 aromatic rings. The second kappa shape index (κ2) is 5.92. The first-order chi connectivity index (χ1) is 9.47. The predicted molar refractivity (Wildman–Crippen MR) is 76.3 cm³/mol. The van der Waals surface area contributed by atoms with Gasteiger partial charge in [-0.2, -0.15) is 0 Å². The number of nitrogens with two attached hydrogens (primary N) is 1.